The molecule has 0 fully saturated rings. The molecule has 0 saturated carbocycles. The second kappa shape index (κ2) is 4.99. The summed E-state index contributed by atoms with van der Waals surface area (Å²) in [7, 11) is 3.31. The molecule has 1 aromatic heterocycles. The minimum atomic E-state index is 0.796. The number of hydrogen-bond donors (Lipinski definition) is 0. The van der Waals surface area contributed by atoms with E-state index >= 15 is 0 Å². The van der Waals surface area contributed by atoms with Crippen LogP contribution in [-0.2, 0) is 6.42 Å². The number of benzene rings is 1. The predicted molar refractivity (Wildman–Crippen MR) is 64.5 cm³/mol. The Hall–Kier alpha value is -1.55. The monoisotopic (exact) mass is 235 g/mol. The van der Waals surface area contributed by atoms with Gasteiger partial charge in [-0.2, -0.15) is 0 Å². The van der Waals surface area contributed by atoms with Crippen LogP contribution in [0.1, 0.15) is 10.6 Å². The molecule has 0 aliphatic rings. The molecule has 0 N–H and O–H groups in total. The first kappa shape index (κ1) is 11.0. The Morgan fingerprint density at radius 3 is 2.75 bits per heavy atom. The van der Waals surface area contributed by atoms with Gasteiger partial charge < -0.3 is 9.47 Å². The quantitative estimate of drug-likeness (QED) is 0.816. The van der Waals surface area contributed by atoms with E-state index in [2.05, 4.69) is 4.98 Å². The molecule has 4 heteroatoms. The van der Waals surface area contributed by atoms with Crippen LogP contribution in [0.5, 0.6) is 11.5 Å². The number of hydrogen-bond acceptors (Lipinski definition) is 4. The first-order valence-corrected chi connectivity index (χ1v) is 5.80. The Labute approximate surface area is 98.7 Å². The summed E-state index contributed by atoms with van der Waals surface area (Å²) in [6.07, 6.45) is 2.61. The number of nitrogens with zero attached hydrogens (tertiary/aromatic N) is 1. The van der Waals surface area contributed by atoms with Gasteiger partial charge in [0.15, 0.2) is 0 Å². The molecule has 2 rings (SSSR count). The average Bonchev–Trinajstić information content (AvgIpc) is 2.82. The van der Waals surface area contributed by atoms with Crippen molar-refractivity contribution < 1.29 is 9.47 Å². The van der Waals surface area contributed by atoms with Gasteiger partial charge in [-0.05, 0) is 6.07 Å². The highest BCUT2D eigenvalue weighted by Crippen LogP contribution is 2.26. The SMILES string of the molecule is COc1ccc(Cc2nccs2)c(OC)c1. The Bertz CT molecular complexity index is 454. The molecule has 0 saturated heterocycles. The van der Waals surface area contributed by atoms with Crippen LogP contribution in [-0.4, -0.2) is 19.2 Å². The lowest BCUT2D eigenvalue weighted by Gasteiger charge is -2.09. The molecule has 0 unspecified atom stereocenters. The van der Waals surface area contributed by atoms with Crippen LogP contribution in [0.2, 0.25) is 0 Å². The van der Waals surface area contributed by atoms with Crippen molar-refractivity contribution in [3.05, 3.63) is 40.3 Å². The maximum atomic E-state index is 5.33. The second-order valence-electron chi connectivity index (χ2n) is 3.28. The summed E-state index contributed by atoms with van der Waals surface area (Å²) in [6, 6.07) is 5.84. The topological polar surface area (TPSA) is 31.4 Å². The van der Waals surface area contributed by atoms with Gasteiger partial charge in [0.05, 0.1) is 19.2 Å². The molecule has 3 nitrogen and oxygen atoms in total. The van der Waals surface area contributed by atoms with E-state index in [9.17, 15) is 0 Å². The molecule has 1 heterocycles. The molecule has 84 valence electrons. The smallest absolute Gasteiger partial charge is 0.126 e. The van der Waals surface area contributed by atoms with Gasteiger partial charge in [0, 0.05) is 29.6 Å². The van der Waals surface area contributed by atoms with Gasteiger partial charge in [-0.15, -0.1) is 11.3 Å². The van der Waals surface area contributed by atoms with Crippen molar-refractivity contribution in [1.29, 1.82) is 0 Å². The van der Waals surface area contributed by atoms with Crippen LogP contribution >= 0.6 is 11.3 Å². The maximum absolute atomic E-state index is 5.33. The molecular weight excluding hydrogens is 222 g/mol. The van der Waals surface area contributed by atoms with E-state index in [1.54, 1.807) is 25.6 Å². The van der Waals surface area contributed by atoms with Crippen LogP contribution in [0.25, 0.3) is 0 Å². The van der Waals surface area contributed by atoms with Crippen molar-refractivity contribution in [3.63, 3.8) is 0 Å². The molecular formula is C12H13NO2S. The Morgan fingerprint density at radius 1 is 1.25 bits per heavy atom. The summed E-state index contributed by atoms with van der Waals surface area (Å²) < 4.78 is 10.5. The van der Waals surface area contributed by atoms with Gasteiger partial charge in [-0.3, -0.25) is 0 Å². The summed E-state index contributed by atoms with van der Waals surface area (Å²) in [5.41, 5.74) is 1.12. The van der Waals surface area contributed by atoms with Gasteiger partial charge in [-0.1, -0.05) is 6.07 Å². The number of aromatic nitrogens is 1. The van der Waals surface area contributed by atoms with Crippen molar-refractivity contribution in [1.82, 2.24) is 4.98 Å². The minimum absolute atomic E-state index is 0.796. The normalized spacial score (nSPS) is 10.1. The third kappa shape index (κ3) is 2.33. The van der Waals surface area contributed by atoms with E-state index in [1.807, 2.05) is 29.8 Å². The molecule has 0 amide bonds. The molecule has 0 aliphatic carbocycles. The number of methoxy groups -OCH3 is 2. The molecule has 0 aliphatic heterocycles. The maximum Gasteiger partial charge on any atom is 0.126 e. The van der Waals surface area contributed by atoms with Gasteiger partial charge in [0.1, 0.15) is 11.5 Å². The van der Waals surface area contributed by atoms with Gasteiger partial charge >= 0.3 is 0 Å². The Morgan fingerprint density at radius 2 is 2.12 bits per heavy atom. The molecule has 2 aromatic rings. The standard InChI is InChI=1S/C12H13NO2S/c1-14-10-4-3-9(11(8-10)15-2)7-12-13-5-6-16-12/h3-6,8H,7H2,1-2H3. The number of ether oxygens (including phenoxy) is 2. The van der Waals surface area contributed by atoms with Crippen molar-refractivity contribution in [2.24, 2.45) is 0 Å². The summed E-state index contributed by atoms with van der Waals surface area (Å²) in [4.78, 5) is 4.26. The lowest BCUT2D eigenvalue weighted by atomic mass is 10.1. The van der Waals surface area contributed by atoms with E-state index in [1.165, 1.54) is 0 Å². The highest BCUT2D eigenvalue weighted by Gasteiger charge is 2.07. The Balaban J connectivity index is 2.26. The van der Waals surface area contributed by atoms with Crippen molar-refractivity contribution >= 4 is 11.3 Å². The third-order valence-corrected chi connectivity index (χ3v) is 3.10. The second-order valence-corrected chi connectivity index (χ2v) is 4.26. The zero-order valence-electron chi connectivity index (χ0n) is 9.27. The lowest BCUT2D eigenvalue weighted by Crippen LogP contribution is -1.94. The van der Waals surface area contributed by atoms with Crippen LogP contribution < -0.4 is 9.47 Å². The summed E-state index contributed by atoms with van der Waals surface area (Å²) in [5.74, 6) is 1.65. The van der Waals surface area contributed by atoms with E-state index in [0.29, 0.717) is 0 Å². The van der Waals surface area contributed by atoms with Crippen LogP contribution in [0, 0.1) is 0 Å². The van der Waals surface area contributed by atoms with Crippen LogP contribution in [0.4, 0.5) is 0 Å². The third-order valence-electron chi connectivity index (χ3n) is 2.32. The van der Waals surface area contributed by atoms with Crippen molar-refractivity contribution in [2.45, 2.75) is 6.42 Å². The molecule has 0 atom stereocenters. The molecule has 0 bridgehead atoms. The molecule has 0 radical (unpaired) electrons. The van der Waals surface area contributed by atoms with Crippen LogP contribution in [0.3, 0.4) is 0 Å². The minimum Gasteiger partial charge on any atom is -0.497 e. The number of thiazole rings is 1. The molecule has 0 spiro atoms. The molecule has 1 aromatic carbocycles. The first-order chi connectivity index (χ1) is 7.83. The fourth-order valence-corrected chi connectivity index (χ4v) is 2.14. The van der Waals surface area contributed by atoms with Crippen molar-refractivity contribution in [2.75, 3.05) is 14.2 Å². The zero-order chi connectivity index (χ0) is 11.4. The summed E-state index contributed by atoms with van der Waals surface area (Å²) in [6.45, 7) is 0. The highest BCUT2D eigenvalue weighted by atomic mass is 32.1. The molecule has 16 heavy (non-hydrogen) atoms. The Kier molecular flexibility index (Phi) is 3.41. The first-order valence-electron chi connectivity index (χ1n) is 4.92. The fourth-order valence-electron chi connectivity index (χ4n) is 1.50. The average molecular weight is 235 g/mol. The van der Waals surface area contributed by atoms with Crippen molar-refractivity contribution in [3.8, 4) is 11.5 Å². The van der Waals surface area contributed by atoms with E-state index in [0.717, 1.165) is 28.5 Å². The number of rotatable bonds is 4. The summed E-state index contributed by atoms with van der Waals surface area (Å²) >= 11 is 1.65. The van der Waals surface area contributed by atoms with Gasteiger partial charge in [0.2, 0.25) is 0 Å². The van der Waals surface area contributed by atoms with E-state index in [-0.39, 0.29) is 0 Å². The van der Waals surface area contributed by atoms with E-state index in [4.69, 9.17) is 9.47 Å². The zero-order valence-corrected chi connectivity index (χ0v) is 10.1. The largest absolute Gasteiger partial charge is 0.497 e. The summed E-state index contributed by atoms with van der Waals surface area (Å²) in [5, 5.41) is 3.06. The van der Waals surface area contributed by atoms with Gasteiger partial charge in [0.25, 0.3) is 0 Å². The predicted octanol–water partition coefficient (Wildman–Crippen LogP) is 2.75. The van der Waals surface area contributed by atoms with Gasteiger partial charge in [-0.25, -0.2) is 4.98 Å². The fraction of sp³-hybridized carbons (Fsp3) is 0.250. The highest BCUT2D eigenvalue weighted by molar-refractivity contribution is 7.09. The lowest BCUT2D eigenvalue weighted by molar-refractivity contribution is 0.391. The van der Waals surface area contributed by atoms with Crippen LogP contribution in [0.15, 0.2) is 29.8 Å². The van der Waals surface area contributed by atoms with E-state index < -0.39 is 0 Å².